The van der Waals surface area contributed by atoms with E-state index in [0.29, 0.717) is 18.8 Å². The van der Waals surface area contributed by atoms with Gasteiger partial charge >= 0.3 is 5.97 Å². The number of carboxylic acids is 1. The van der Waals surface area contributed by atoms with Gasteiger partial charge in [-0.15, -0.1) is 10.2 Å². The molecule has 1 aliphatic rings. The van der Waals surface area contributed by atoms with Crippen molar-refractivity contribution in [2.24, 2.45) is 0 Å². The Morgan fingerprint density at radius 2 is 2.10 bits per heavy atom. The average Bonchev–Trinajstić information content (AvgIpc) is 2.91. The second-order valence-electron chi connectivity index (χ2n) is 5.08. The van der Waals surface area contributed by atoms with Crippen molar-refractivity contribution in [3.8, 4) is 0 Å². The molecule has 2 heterocycles. The molecule has 0 spiro atoms. The van der Waals surface area contributed by atoms with Gasteiger partial charge in [0.05, 0.1) is 6.10 Å². The third-order valence-corrected chi connectivity index (χ3v) is 3.45. The lowest BCUT2D eigenvalue weighted by Gasteiger charge is -2.21. The maximum absolute atomic E-state index is 11.7. The number of carbonyl (C=O) groups is 2. The molecule has 2 rings (SSSR count). The highest BCUT2D eigenvalue weighted by Gasteiger charge is 2.38. The molecular formula is C13H18N4O4. The van der Waals surface area contributed by atoms with Crippen LogP contribution in [0.2, 0.25) is 0 Å². The Morgan fingerprint density at radius 1 is 1.38 bits per heavy atom. The third-order valence-electron chi connectivity index (χ3n) is 3.45. The Labute approximate surface area is 122 Å². The first-order valence-electron chi connectivity index (χ1n) is 6.51. The Hall–Kier alpha value is -2.22. The summed E-state index contributed by atoms with van der Waals surface area (Å²) in [5.74, 6) is -0.748. The predicted octanol–water partition coefficient (Wildman–Crippen LogP) is -0.143. The number of hydrogen-bond donors (Lipinski definition) is 1. The van der Waals surface area contributed by atoms with Crippen LogP contribution in [0.25, 0.3) is 0 Å². The molecular weight excluding hydrogens is 276 g/mol. The van der Waals surface area contributed by atoms with Crippen LogP contribution in [0.3, 0.4) is 0 Å². The fourth-order valence-electron chi connectivity index (χ4n) is 2.28. The van der Waals surface area contributed by atoms with Gasteiger partial charge in [0.1, 0.15) is 6.04 Å². The van der Waals surface area contributed by atoms with Crippen molar-refractivity contribution in [3.05, 3.63) is 17.8 Å². The summed E-state index contributed by atoms with van der Waals surface area (Å²) in [6.07, 6.45) is 0.238. The lowest BCUT2D eigenvalue weighted by atomic mass is 10.2. The van der Waals surface area contributed by atoms with Crippen molar-refractivity contribution in [1.82, 2.24) is 15.1 Å². The Balaban J connectivity index is 2.21. The van der Waals surface area contributed by atoms with Gasteiger partial charge < -0.3 is 19.6 Å². The van der Waals surface area contributed by atoms with Crippen LogP contribution in [0.15, 0.2) is 12.1 Å². The van der Waals surface area contributed by atoms with Crippen molar-refractivity contribution < 1.29 is 19.4 Å². The molecule has 0 saturated carbocycles. The number of nitrogens with zero attached hydrogens (tertiary/aromatic N) is 4. The van der Waals surface area contributed by atoms with Crippen LogP contribution in [0, 0.1) is 0 Å². The standard InChI is InChI=1S/C13H18N4O4/c1-16(2)12(18)9-4-5-11(15-14-9)17-7-8(21-3)6-10(17)13(19)20/h4-5,8,10H,6-7H2,1-3H3,(H,19,20). The summed E-state index contributed by atoms with van der Waals surface area (Å²) in [7, 11) is 4.81. The van der Waals surface area contributed by atoms with Crippen LogP contribution in [0.5, 0.6) is 0 Å². The molecule has 1 amide bonds. The Bertz CT molecular complexity index is 531. The second-order valence-corrected chi connectivity index (χ2v) is 5.08. The highest BCUT2D eigenvalue weighted by Crippen LogP contribution is 2.25. The quantitative estimate of drug-likeness (QED) is 0.825. The van der Waals surface area contributed by atoms with E-state index in [9.17, 15) is 14.7 Å². The average molecular weight is 294 g/mol. The number of hydrogen-bond acceptors (Lipinski definition) is 6. The fourth-order valence-corrected chi connectivity index (χ4v) is 2.28. The summed E-state index contributed by atoms with van der Waals surface area (Å²) >= 11 is 0. The molecule has 21 heavy (non-hydrogen) atoms. The van der Waals surface area contributed by atoms with E-state index in [1.165, 1.54) is 4.90 Å². The van der Waals surface area contributed by atoms with Crippen molar-refractivity contribution in [2.75, 3.05) is 32.6 Å². The molecule has 2 unspecified atom stereocenters. The molecule has 1 aromatic heterocycles. The maximum Gasteiger partial charge on any atom is 0.326 e. The van der Waals surface area contributed by atoms with Crippen molar-refractivity contribution >= 4 is 17.7 Å². The first-order valence-corrected chi connectivity index (χ1v) is 6.51. The molecule has 8 nitrogen and oxygen atoms in total. The number of rotatable bonds is 4. The van der Waals surface area contributed by atoms with E-state index < -0.39 is 12.0 Å². The number of carboxylic acid groups (broad SMARTS) is 1. The third kappa shape index (κ3) is 3.10. The topological polar surface area (TPSA) is 95.9 Å². The van der Waals surface area contributed by atoms with Crippen LogP contribution >= 0.6 is 0 Å². The van der Waals surface area contributed by atoms with Gasteiger partial charge in [0.2, 0.25) is 0 Å². The largest absolute Gasteiger partial charge is 0.480 e. The second kappa shape index (κ2) is 6.04. The number of anilines is 1. The number of aromatic nitrogens is 2. The van der Waals surface area contributed by atoms with E-state index in [2.05, 4.69) is 10.2 Å². The molecule has 1 N–H and O–H groups in total. The minimum atomic E-state index is -0.926. The van der Waals surface area contributed by atoms with Gasteiger partial charge in [-0.05, 0) is 12.1 Å². The molecule has 8 heteroatoms. The van der Waals surface area contributed by atoms with Gasteiger partial charge in [-0.2, -0.15) is 0 Å². The molecule has 1 aromatic rings. The fraction of sp³-hybridized carbons (Fsp3) is 0.538. The van der Waals surface area contributed by atoms with Gasteiger partial charge in [-0.3, -0.25) is 4.79 Å². The summed E-state index contributed by atoms with van der Waals surface area (Å²) in [6.45, 7) is 0.434. The molecule has 0 aromatic carbocycles. The van der Waals surface area contributed by atoms with E-state index >= 15 is 0 Å². The Morgan fingerprint density at radius 3 is 2.57 bits per heavy atom. The maximum atomic E-state index is 11.7. The number of aliphatic carboxylic acids is 1. The van der Waals surface area contributed by atoms with Gasteiger partial charge in [0.25, 0.3) is 5.91 Å². The normalized spacial score (nSPS) is 21.4. The summed E-state index contributed by atoms with van der Waals surface area (Å²) < 4.78 is 5.22. The number of amides is 1. The molecule has 1 saturated heterocycles. The van der Waals surface area contributed by atoms with Gasteiger partial charge in [-0.25, -0.2) is 4.79 Å². The molecule has 1 fully saturated rings. The van der Waals surface area contributed by atoms with E-state index in [-0.39, 0.29) is 17.7 Å². The number of methoxy groups -OCH3 is 1. The smallest absolute Gasteiger partial charge is 0.326 e. The van der Waals surface area contributed by atoms with E-state index in [1.807, 2.05) is 0 Å². The van der Waals surface area contributed by atoms with Crippen LogP contribution < -0.4 is 4.90 Å². The molecule has 1 aliphatic heterocycles. The summed E-state index contributed by atoms with van der Waals surface area (Å²) in [4.78, 5) is 26.1. The summed E-state index contributed by atoms with van der Waals surface area (Å²) in [5.41, 5.74) is 0.220. The minimum Gasteiger partial charge on any atom is -0.480 e. The highest BCUT2D eigenvalue weighted by atomic mass is 16.5. The molecule has 0 bridgehead atoms. The zero-order chi connectivity index (χ0) is 15.6. The minimum absolute atomic E-state index is 0.156. The number of carbonyl (C=O) groups excluding carboxylic acids is 1. The van der Waals surface area contributed by atoms with Gasteiger partial charge in [0.15, 0.2) is 11.5 Å². The van der Waals surface area contributed by atoms with Gasteiger partial charge in [0, 0.05) is 34.2 Å². The molecule has 2 atom stereocenters. The molecule has 0 radical (unpaired) electrons. The summed E-state index contributed by atoms with van der Waals surface area (Å²) in [6, 6.07) is 2.46. The lowest BCUT2D eigenvalue weighted by Crippen LogP contribution is -2.36. The first-order chi connectivity index (χ1) is 9.93. The molecule has 114 valence electrons. The van der Waals surface area contributed by atoms with Crippen LogP contribution in [0.1, 0.15) is 16.9 Å². The highest BCUT2D eigenvalue weighted by molar-refractivity contribution is 5.91. The van der Waals surface area contributed by atoms with Crippen LogP contribution in [-0.4, -0.2) is 72.0 Å². The van der Waals surface area contributed by atoms with Crippen molar-refractivity contribution in [3.63, 3.8) is 0 Å². The van der Waals surface area contributed by atoms with Crippen LogP contribution in [0.4, 0.5) is 5.82 Å². The van der Waals surface area contributed by atoms with E-state index in [1.54, 1.807) is 38.2 Å². The SMILES string of the molecule is COC1CC(C(=O)O)N(c2ccc(C(=O)N(C)C)nn2)C1. The predicted molar refractivity (Wildman–Crippen MR) is 74.2 cm³/mol. The zero-order valence-corrected chi connectivity index (χ0v) is 12.2. The summed E-state index contributed by atoms with van der Waals surface area (Å²) in [5, 5.41) is 17.1. The van der Waals surface area contributed by atoms with Crippen molar-refractivity contribution in [2.45, 2.75) is 18.6 Å². The monoisotopic (exact) mass is 294 g/mol. The Kier molecular flexibility index (Phi) is 4.37. The zero-order valence-electron chi connectivity index (χ0n) is 12.2. The van der Waals surface area contributed by atoms with Gasteiger partial charge in [-0.1, -0.05) is 0 Å². The molecule has 0 aliphatic carbocycles. The van der Waals surface area contributed by atoms with Crippen LogP contribution in [-0.2, 0) is 9.53 Å². The van der Waals surface area contributed by atoms with E-state index in [0.717, 1.165) is 0 Å². The van der Waals surface area contributed by atoms with Crippen molar-refractivity contribution in [1.29, 1.82) is 0 Å². The first kappa shape index (κ1) is 15.2. The number of ether oxygens (including phenoxy) is 1. The lowest BCUT2D eigenvalue weighted by molar-refractivity contribution is -0.138. The van der Waals surface area contributed by atoms with E-state index in [4.69, 9.17) is 4.74 Å².